The first-order valence-corrected chi connectivity index (χ1v) is 8.18. The van der Waals surface area contributed by atoms with Crippen molar-refractivity contribution < 1.29 is 14.3 Å². The summed E-state index contributed by atoms with van der Waals surface area (Å²) in [5, 5.41) is 6.15. The highest BCUT2D eigenvalue weighted by atomic mass is 32.1. The van der Waals surface area contributed by atoms with Crippen molar-refractivity contribution in [3.8, 4) is 0 Å². The molecular weight excluding hydrogens is 316 g/mol. The summed E-state index contributed by atoms with van der Waals surface area (Å²) in [6, 6.07) is 1.80. The summed E-state index contributed by atoms with van der Waals surface area (Å²) >= 11 is 1.32. The monoisotopic (exact) mass is 334 g/mol. The lowest BCUT2D eigenvalue weighted by Crippen LogP contribution is -2.31. The van der Waals surface area contributed by atoms with Gasteiger partial charge in [-0.2, -0.15) is 0 Å². The summed E-state index contributed by atoms with van der Waals surface area (Å²) in [5.41, 5.74) is 4.74. The molecule has 1 aliphatic rings. The molecule has 0 fully saturated rings. The number of rotatable bonds is 4. The molecule has 0 aromatic carbocycles. The Bertz CT molecular complexity index is 750. The van der Waals surface area contributed by atoms with Crippen LogP contribution in [0.1, 0.15) is 37.1 Å². The summed E-state index contributed by atoms with van der Waals surface area (Å²) in [4.78, 5) is 28.8. The number of aromatic nitrogens is 2. The van der Waals surface area contributed by atoms with E-state index in [1.807, 2.05) is 6.92 Å². The van der Waals surface area contributed by atoms with Gasteiger partial charge in [-0.25, -0.2) is 9.78 Å². The van der Waals surface area contributed by atoms with Gasteiger partial charge in [-0.15, -0.1) is 11.3 Å². The minimum absolute atomic E-state index is 0.144. The average molecular weight is 334 g/mol. The van der Waals surface area contributed by atoms with E-state index in [4.69, 9.17) is 4.74 Å². The van der Waals surface area contributed by atoms with Crippen LogP contribution >= 0.6 is 11.3 Å². The number of carbonyl (C=O) groups excluding carboxylic acids is 2. The Morgan fingerprint density at radius 3 is 3.04 bits per heavy atom. The van der Waals surface area contributed by atoms with Gasteiger partial charge in [0.05, 0.1) is 30.4 Å². The van der Waals surface area contributed by atoms with Crippen LogP contribution in [-0.4, -0.2) is 35.1 Å². The molecule has 3 rings (SSSR count). The van der Waals surface area contributed by atoms with Crippen molar-refractivity contribution in [2.45, 2.75) is 26.6 Å². The lowest BCUT2D eigenvalue weighted by Gasteiger charge is -2.20. The molecule has 3 heterocycles. The smallest absolute Gasteiger partial charge is 0.339 e. The second-order valence-corrected chi connectivity index (χ2v) is 6.12. The Labute approximate surface area is 137 Å². The number of thiazole rings is 1. The highest BCUT2D eigenvalue weighted by Gasteiger charge is 2.23. The summed E-state index contributed by atoms with van der Waals surface area (Å²) in [5.74, 6) is -0.498. The summed E-state index contributed by atoms with van der Waals surface area (Å²) in [6.07, 6.45) is 0. The number of methoxy groups -OCH3 is 1. The molecule has 2 aromatic heterocycles. The number of amides is 1. The van der Waals surface area contributed by atoms with E-state index < -0.39 is 0 Å². The van der Waals surface area contributed by atoms with Gasteiger partial charge in [0.25, 0.3) is 5.91 Å². The van der Waals surface area contributed by atoms with Crippen molar-refractivity contribution in [1.29, 1.82) is 0 Å². The number of nitrogens with one attached hydrogen (secondary N) is 2. The molecular formula is C15H18N4O3S. The van der Waals surface area contributed by atoms with E-state index in [9.17, 15) is 9.59 Å². The largest absolute Gasteiger partial charge is 0.465 e. The third-order valence-electron chi connectivity index (χ3n) is 3.89. The second kappa shape index (κ2) is 6.51. The third kappa shape index (κ3) is 2.99. The standard InChI is InChI=1S/C15H18N4O3S/c1-9-13(23-8-18-9)14(20)17-6-10-5-11(15(21)22-2)12-7-16-3-4-19(10)12/h5,8,16H,3-4,6-7H2,1-2H3,(H,17,20). The number of hydrogen-bond donors (Lipinski definition) is 2. The molecule has 122 valence electrons. The van der Waals surface area contributed by atoms with Crippen LogP contribution in [0.15, 0.2) is 11.6 Å². The highest BCUT2D eigenvalue weighted by Crippen LogP contribution is 2.20. The van der Waals surface area contributed by atoms with Crippen LogP contribution in [0.4, 0.5) is 0 Å². The topological polar surface area (TPSA) is 85.2 Å². The van der Waals surface area contributed by atoms with E-state index in [0.717, 1.165) is 30.2 Å². The number of fused-ring (bicyclic) bond motifs is 1. The fraction of sp³-hybridized carbons (Fsp3) is 0.400. The minimum atomic E-state index is -0.353. The number of nitrogens with zero attached hydrogens (tertiary/aromatic N) is 2. The van der Waals surface area contributed by atoms with E-state index in [0.29, 0.717) is 23.5 Å². The molecule has 0 bridgehead atoms. The molecule has 2 aromatic rings. The molecule has 1 amide bonds. The molecule has 0 atom stereocenters. The number of hydrogen-bond acceptors (Lipinski definition) is 6. The van der Waals surface area contributed by atoms with Gasteiger partial charge in [-0.05, 0) is 13.0 Å². The zero-order valence-corrected chi connectivity index (χ0v) is 13.8. The maximum atomic E-state index is 12.2. The number of ether oxygens (including phenoxy) is 1. The summed E-state index contributed by atoms with van der Waals surface area (Å²) < 4.78 is 6.91. The molecule has 7 nitrogen and oxygen atoms in total. The van der Waals surface area contributed by atoms with Crippen LogP contribution < -0.4 is 10.6 Å². The van der Waals surface area contributed by atoms with E-state index in [-0.39, 0.29) is 11.9 Å². The lowest BCUT2D eigenvalue weighted by atomic mass is 10.2. The maximum absolute atomic E-state index is 12.2. The van der Waals surface area contributed by atoms with Gasteiger partial charge in [0, 0.05) is 31.0 Å². The van der Waals surface area contributed by atoms with Gasteiger partial charge in [-0.1, -0.05) is 0 Å². The molecule has 0 spiro atoms. The Morgan fingerprint density at radius 1 is 1.52 bits per heavy atom. The predicted octanol–water partition coefficient (Wildman–Crippen LogP) is 1.07. The molecule has 8 heteroatoms. The molecule has 0 unspecified atom stereocenters. The van der Waals surface area contributed by atoms with Gasteiger partial charge in [0.2, 0.25) is 0 Å². The van der Waals surface area contributed by atoms with Crippen LogP contribution in [-0.2, 0) is 24.4 Å². The van der Waals surface area contributed by atoms with Gasteiger partial charge < -0.3 is 19.9 Å². The van der Waals surface area contributed by atoms with Crippen LogP contribution in [0.3, 0.4) is 0 Å². The molecule has 0 saturated carbocycles. The lowest BCUT2D eigenvalue weighted by molar-refractivity contribution is 0.0598. The SMILES string of the molecule is COC(=O)c1cc(CNC(=O)c2scnc2C)n2c1CNCC2. The summed E-state index contributed by atoms with van der Waals surface area (Å²) in [6.45, 7) is 4.38. The fourth-order valence-corrected chi connectivity index (χ4v) is 3.44. The molecule has 2 N–H and O–H groups in total. The zero-order chi connectivity index (χ0) is 16.4. The molecule has 1 aliphatic heterocycles. The van der Waals surface area contributed by atoms with Crippen LogP contribution in [0.5, 0.6) is 0 Å². The first kappa shape index (κ1) is 15.7. The van der Waals surface area contributed by atoms with Crippen molar-refractivity contribution in [1.82, 2.24) is 20.2 Å². The van der Waals surface area contributed by atoms with E-state index in [1.54, 1.807) is 11.6 Å². The highest BCUT2D eigenvalue weighted by molar-refractivity contribution is 7.11. The molecule has 23 heavy (non-hydrogen) atoms. The minimum Gasteiger partial charge on any atom is -0.465 e. The first-order chi connectivity index (χ1) is 11.1. The van der Waals surface area contributed by atoms with E-state index in [1.165, 1.54) is 18.4 Å². The molecule has 0 radical (unpaired) electrons. The third-order valence-corrected chi connectivity index (χ3v) is 4.81. The Morgan fingerprint density at radius 2 is 2.35 bits per heavy atom. The number of aryl methyl sites for hydroxylation is 1. The van der Waals surface area contributed by atoms with E-state index >= 15 is 0 Å². The van der Waals surface area contributed by atoms with Crippen LogP contribution in [0, 0.1) is 6.92 Å². The Balaban J connectivity index is 1.80. The zero-order valence-electron chi connectivity index (χ0n) is 13.0. The fourth-order valence-electron chi connectivity index (χ4n) is 2.72. The first-order valence-electron chi connectivity index (χ1n) is 7.30. The Hall–Kier alpha value is -2.19. The van der Waals surface area contributed by atoms with Gasteiger partial charge >= 0.3 is 5.97 Å². The Kier molecular flexibility index (Phi) is 4.44. The van der Waals surface area contributed by atoms with E-state index in [2.05, 4.69) is 20.2 Å². The second-order valence-electron chi connectivity index (χ2n) is 5.27. The van der Waals surface area contributed by atoms with Gasteiger partial charge in [-0.3, -0.25) is 4.79 Å². The average Bonchev–Trinajstić information content (AvgIpc) is 3.16. The van der Waals surface area contributed by atoms with Crippen LogP contribution in [0.2, 0.25) is 0 Å². The van der Waals surface area contributed by atoms with Crippen molar-refractivity contribution in [2.75, 3.05) is 13.7 Å². The van der Waals surface area contributed by atoms with Crippen molar-refractivity contribution in [3.05, 3.63) is 39.1 Å². The number of carbonyl (C=O) groups is 2. The van der Waals surface area contributed by atoms with Gasteiger partial charge in [0.1, 0.15) is 4.88 Å². The van der Waals surface area contributed by atoms with Crippen molar-refractivity contribution in [2.24, 2.45) is 0 Å². The van der Waals surface area contributed by atoms with Crippen molar-refractivity contribution in [3.63, 3.8) is 0 Å². The molecule has 0 aliphatic carbocycles. The molecule has 0 saturated heterocycles. The maximum Gasteiger partial charge on any atom is 0.339 e. The van der Waals surface area contributed by atoms with Crippen LogP contribution in [0.25, 0.3) is 0 Å². The van der Waals surface area contributed by atoms with Gasteiger partial charge in [0.15, 0.2) is 0 Å². The summed E-state index contributed by atoms with van der Waals surface area (Å²) in [7, 11) is 1.37. The quantitative estimate of drug-likeness (QED) is 0.817. The number of esters is 1. The van der Waals surface area contributed by atoms with Crippen molar-refractivity contribution >= 4 is 23.2 Å². The predicted molar refractivity (Wildman–Crippen MR) is 85.5 cm³/mol. The normalized spacial score (nSPS) is 13.5.